The van der Waals surface area contributed by atoms with E-state index < -0.39 is 18.5 Å². The first kappa shape index (κ1) is 19.4. The van der Waals surface area contributed by atoms with E-state index in [4.69, 9.17) is 13.9 Å². The number of carbonyl (C=O) groups excluding carboxylic acids is 2. The number of halogens is 1. The summed E-state index contributed by atoms with van der Waals surface area (Å²) in [5, 5.41) is 3.47. The largest absolute Gasteiger partial charge is 0.450 e. The molecule has 7 heteroatoms. The summed E-state index contributed by atoms with van der Waals surface area (Å²) in [6.07, 6.45) is 0. The van der Waals surface area contributed by atoms with Crippen LogP contribution in [0.4, 0.5) is 5.69 Å². The lowest BCUT2D eigenvalue weighted by atomic mass is 10.1. The maximum absolute atomic E-state index is 12.4. The molecule has 6 nitrogen and oxygen atoms in total. The van der Waals surface area contributed by atoms with E-state index in [1.807, 2.05) is 37.3 Å². The predicted octanol–water partition coefficient (Wildman–Crippen LogP) is 4.37. The molecule has 3 rings (SSSR count). The van der Waals surface area contributed by atoms with Gasteiger partial charge in [-0.1, -0.05) is 18.2 Å². The van der Waals surface area contributed by atoms with Crippen molar-refractivity contribution >= 4 is 51.1 Å². The van der Waals surface area contributed by atoms with Crippen LogP contribution in [0.25, 0.3) is 11.0 Å². The van der Waals surface area contributed by atoms with Gasteiger partial charge in [-0.3, -0.25) is 4.79 Å². The van der Waals surface area contributed by atoms with Crippen molar-refractivity contribution in [2.75, 3.05) is 18.5 Å². The summed E-state index contributed by atoms with van der Waals surface area (Å²) in [6, 6.07) is 14.6. The predicted molar refractivity (Wildman–Crippen MR) is 110 cm³/mol. The molecule has 1 N–H and O–H groups in total. The van der Waals surface area contributed by atoms with E-state index >= 15 is 0 Å². The number of esters is 1. The zero-order valence-electron chi connectivity index (χ0n) is 14.7. The minimum Gasteiger partial charge on any atom is -0.450 e. The zero-order chi connectivity index (χ0) is 19.2. The molecule has 0 aliphatic carbocycles. The van der Waals surface area contributed by atoms with Crippen molar-refractivity contribution in [3.05, 3.63) is 63.4 Å². The Labute approximate surface area is 170 Å². The number of rotatable bonds is 7. The quantitative estimate of drug-likeness (QED) is 0.403. The molecule has 0 aliphatic heterocycles. The molecule has 1 aromatic heterocycles. The highest BCUT2D eigenvalue weighted by Gasteiger charge is 2.22. The first-order valence-electron chi connectivity index (χ1n) is 8.39. The van der Waals surface area contributed by atoms with Crippen molar-refractivity contribution in [3.63, 3.8) is 0 Å². The number of nitrogens with one attached hydrogen (secondary N) is 1. The highest BCUT2D eigenvalue weighted by molar-refractivity contribution is 14.1. The normalized spacial score (nSPS) is 10.7. The molecule has 0 fully saturated rings. The molecule has 27 heavy (non-hydrogen) atoms. The van der Waals surface area contributed by atoms with Gasteiger partial charge in [-0.25, -0.2) is 4.79 Å². The number of fused-ring (bicyclic) bond motifs is 1. The van der Waals surface area contributed by atoms with E-state index in [1.165, 1.54) is 0 Å². The van der Waals surface area contributed by atoms with Gasteiger partial charge in [0.1, 0.15) is 5.58 Å². The second-order valence-electron chi connectivity index (χ2n) is 5.67. The molecule has 0 unspecified atom stereocenters. The summed E-state index contributed by atoms with van der Waals surface area (Å²) in [4.78, 5) is 24.5. The Kier molecular flexibility index (Phi) is 6.46. The lowest BCUT2D eigenvalue weighted by Gasteiger charge is -2.07. The molecular formula is C20H18INO5. The van der Waals surface area contributed by atoms with Crippen LogP contribution in [0.2, 0.25) is 0 Å². The summed E-state index contributed by atoms with van der Waals surface area (Å²) in [5.41, 5.74) is 1.83. The fraction of sp³-hybridized carbons (Fsp3) is 0.200. The molecule has 0 saturated carbocycles. The maximum atomic E-state index is 12.4. The van der Waals surface area contributed by atoms with E-state index in [9.17, 15) is 9.59 Å². The highest BCUT2D eigenvalue weighted by Crippen LogP contribution is 2.27. The van der Waals surface area contributed by atoms with Gasteiger partial charge in [0, 0.05) is 26.8 Å². The van der Waals surface area contributed by atoms with E-state index in [1.54, 1.807) is 18.2 Å². The molecule has 0 atom stereocenters. The lowest BCUT2D eigenvalue weighted by Crippen LogP contribution is -2.21. The zero-order valence-corrected chi connectivity index (χ0v) is 16.8. The second-order valence-corrected chi connectivity index (χ2v) is 6.92. The van der Waals surface area contributed by atoms with E-state index in [-0.39, 0.29) is 12.4 Å². The van der Waals surface area contributed by atoms with Crippen molar-refractivity contribution in [2.45, 2.75) is 13.5 Å². The Morgan fingerprint density at radius 3 is 2.59 bits per heavy atom. The fourth-order valence-electron chi connectivity index (χ4n) is 2.54. The minimum absolute atomic E-state index is 0.0618. The molecule has 140 valence electrons. The van der Waals surface area contributed by atoms with Gasteiger partial charge in [0.15, 0.2) is 6.61 Å². The van der Waals surface area contributed by atoms with Crippen LogP contribution in [-0.4, -0.2) is 25.1 Å². The van der Waals surface area contributed by atoms with E-state index in [2.05, 4.69) is 27.9 Å². The van der Waals surface area contributed by atoms with Gasteiger partial charge in [-0.05, 0) is 59.8 Å². The van der Waals surface area contributed by atoms with E-state index in [0.717, 1.165) is 8.96 Å². The minimum atomic E-state index is -0.696. The third kappa shape index (κ3) is 4.86. The van der Waals surface area contributed by atoms with Gasteiger partial charge in [-0.2, -0.15) is 0 Å². The summed E-state index contributed by atoms with van der Waals surface area (Å²) >= 11 is 2.18. The second kappa shape index (κ2) is 9.01. The average molecular weight is 479 g/mol. The van der Waals surface area contributed by atoms with Crippen molar-refractivity contribution in [1.82, 2.24) is 0 Å². The molecule has 2 aromatic carbocycles. The first-order valence-corrected chi connectivity index (χ1v) is 9.47. The summed E-state index contributed by atoms with van der Waals surface area (Å²) in [7, 11) is 0. The van der Waals surface area contributed by atoms with Crippen molar-refractivity contribution in [3.8, 4) is 0 Å². The number of benzene rings is 2. The molecule has 1 heterocycles. The number of carbonyl (C=O) groups is 2. The third-order valence-electron chi connectivity index (χ3n) is 3.80. The number of ether oxygens (including phenoxy) is 2. The molecule has 3 aromatic rings. The first-order chi connectivity index (χ1) is 13.1. The van der Waals surface area contributed by atoms with Crippen molar-refractivity contribution < 1.29 is 23.5 Å². The van der Waals surface area contributed by atoms with Gasteiger partial charge in [-0.15, -0.1) is 0 Å². The number of para-hydroxylation sites is 1. The number of amides is 1. The van der Waals surface area contributed by atoms with Gasteiger partial charge in [0.25, 0.3) is 5.91 Å². The topological polar surface area (TPSA) is 77.8 Å². The van der Waals surface area contributed by atoms with Crippen LogP contribution in [0.15, 0.2) is 52.9 Å². The van der Waals surface area contributed by atoms with Crippen molar-refractivity contribution in [1.29, 1.82) is 0 Å². The molecule has 1 amide bonds. The average Bonchev–Trinajstić information content (AvgIpc) is 3.05. The molecule has 0 bridgehead atoms. The summed E-state index contributed by atoms with van der Waals surface area (Å²) < 4.78 is 17.3. The highest BCUT2D eigenvalue weighted by atomic mass is 127. The van der Waals surface area contributed by atoms with Gasteiger partial charge in [0.2, 0.25) is 5.76 Å². The fourth-order valence-corrected chi connectivity index (χ4v) is 2.90. The summed E-state index contributed by atoms with van der Waals surface area (Å²) in [5.74, 6) is -1.06. The number of anilines is 1. The smallest absolute Gasteiger partial charge is 0.375 e. The van der Waals surface area contributed by atoms with Crippen LogP contribution < -0.4 is 5.32 Å². The SMILES string of the molecule is CCOCc1c(C(=O)OCC(=O)Nc2ccc(I)cc2)oc2ccccc12. The Hall–Kier alpha value is -2.39. The summed E-state index contributed by atoms with van der Waals surface area (Å²) in [6.45, 7) is 2.20. The van der Waals surface area contributed by atoms with Crippen LogP contribution in [0.3, 0.4) is 0 Å². The van der Waals surface area contributed by atoms with Gasteiger partial charge < -0.3 is 19.2 Å². The molecular weight excluding hydrogens is 461 g/mol. The van der Waals surface area contributed by atoms with Crippen molar-refractivity contribution in [2.24, 2.45) is 0 Å². The molecule has 0 saturated heterocycles. The Bertz CT molecular complexity index is 949. The monoisotopic (exact) mass is 479 g/mol. The number of furan rings is 1. The Morgan fingerprint density at radius 2 is 1.85 bits per heavy atom. The van der Waals surface area contributed by atoms with Crippen LogP contribution in [0.5, 0.6) is 0 Å². The molecule has 0 radical (unpaired) electrons. The molecule has 0 aliphatic rings. The van der Waals surface area contributed by atoms with Crippen LogP contribution >= 0.6 is 22.6 Å². The van der Waals surface area contributed by atoms with Crippen LogP contribution in [0.1, 0.15) is 23.0 Å². The van der Waals surface area contributed by atoms with E-state index in [0.29, 0.717) is 23.4 Å². The Balaban J connectivity index is 1.68. The number of hydrogen-bond acceptors (Lipinski definition) is 5. The van der Waals surface area contributed by atoms with Crippen LogP contribution in [0, 0.1) is 3.57 Å². The maximum Gasteiger partial charge on any atom is 0.375 e. The van der Waals surface area contributed by atoms with Crippen LogP contribution in [-0.2, 0) is 20.9 Å². The standard InChI is InChI=1S/C20H18INO5/c1-2-25-11-16-15-5-3-4-6-17(15)27-19(16)20(24)26-12-18(23)22-14-9-7-13(21)8-10-14/h3-10H,2,11-12H2,1H3,(H,22,23). The number of hydrogen-bond donors (Lipinski definition) is 1. The lowest BCUT2D eigenvalue weighted by molar-refractivity contribution is -0.119. The van der Waals surface area contributed by atoms with Gasteiger partial charge in [0.05, 0.1) is 6.61 Å². The van der Waals surface area contributed by atoms with Gasteiger partial charge >= 0.3 is 5.97 Å². The molecule has 0 spiro atoms. The third-order valence-corrected chi connectivity index (χ3v) is 4.52. The Morgan fingerprint density at radius 1 is 1.11 bits per heavy atom.